The molecule has 0 aromatic rings. The van der Waals surface area contributed by atoms with E-state index in [2.05, 4.69) is 0 Å². The van der Waals surface area contributed by atoms with E-state index in [1.807, 2.05) is 0 Å². The van der Waals surface area contributed by atoms with Gasteiger partial charge in [0.25, 0.3) is 5.95 Å². The van der Waals surface area contributed by atoms with Gasteiger partial charge in [0, 0.05) is 5.34 Å². The monoisotopic (exact) mass is 228 g/mol. The SMILES string of the molecule is FN=NC(F)=C(F)C(F)(F)C(F)(F)F. The van der Waals surface area contributed by atoms with Gasteiger partial charge in [-0.15, -0.1) is 0 Å². The number of hydrogen-bond acceptors (Lipinski definition) is 2. The Balaban J connectivity index is 5.21. The van der Waals surface area contributed by atoms with Crippen molar-refractivity contribution in [1.29, 1.82) is 0 Å². The molecule has 0 atom stereocenters. The van der Waals surface area contributed by atoms with Crippen molar-refractivity contribution >= 4 is 0 Å². The molecule has 0 saturated carbocycles. The Labute approximate surface area is 70.9 Å². The van der Waals surface area contributed by atoms with Crippen LogP contribution in [0, 0.1) is 0 Å². The van der Waals surface area contributed by atoms with Gasteiger partial charge < -0.3 is 0 Å². The topological polar surface area (TPSA) is 24.7 Å². The van der Waals surface area contributed by atoms with Crippen LogP contribution >= 0.6 is 0 Å². The van der Waals surface area contributed by atoms with Crippen molar-refractivity contribution in [3.63, 3.8) is 0 Å². The summed E-state index contributed by atoms with van der Waals surface area (Å²) in [6, 6.07) is 0. The molecule has 10 heteroatoms. The van der Waals surface area contributed by atoms with Gasteiger partial charge in [-0.05, 0) is 0 Å². The molecule has 0 unspecified atom stereocenters. The van der Waals surface area contributed by atoms with Gasteiger partial charge in [-0.2, -0.15) is 30.7 Å². The van der Waals surface area contributed by atoms with Crippen LogP contribution in [-0.2, 0) is 0 Å². The first-order valence-electron chi connectivity index (χ1n) is 2.67. The minimum atomic E-state index is -6.33. The Kier molecular flexibility index (Phi) is 3.54. The number of allylic oxidation sites excluding steroid dienone is 1. The quantitative estimate of drug-likeness (QED) is 0.391. The van der Waals surface area contributed by atoms with Gasteiger partial charge in [-0.25, -0.2) is 0 Å². The first kappa shape index (κ1) is 12.8. The van der Waals surface area contributed by atoms with Crippen LogP contribution in [-0.4, -0.2) is 12.1 Å². The molecule has 0 amide bonds. The van der Waals surface area contributed by atoms with Gasteiger partial charge in [0.1, 0.15) is 0 Å². The molecule has 0 aromatic heterocycles. The second-order valence-corrected chi connectivity index (χ2v) is 1.85. The van der Waals surface area contributed by atoms with Crippen LogP contribution in [0.25, 0.3) is 0 Å². The fraction of sp³-hybridized carbons (Fsp3) is 0.500. The van der Waals surface area contributed by atoms with E-state index in [-0.39, 0.29) is 0 Å². The molecule has 0 aliphatic carbocycles. The lowest BCUT2D eigenvalue weighted by Gasteiger charge is -2.16. The summed E-state index contributed by atoms with van der Waals surface area (Å²) in [6.07, 6.45) is -6.33. The zero-order valence-electron chi connectivity index (χ0n) is 5.92. The van der Waals surface area contributed by atoms with E-state index < -0.39 is 23.9 Å². The summed E-state index contributed by atoms with van der Waals surface area (Å²) in [5.41, 5.74) is 0. The molecule has 14 heavy (non-hydrogen) atoms. The zero-order chi connectivity index (χ0) is 11.6. The molecular weight excluding hydrogens is 228 g/mol. The van der Waals surface area contributed by atoms with Crippen molar-refractivity contribution in [1.82, 2.24) is 0 Å². The highest BCUT2D eigenvalue weighted by Gasteiger charge is 2.62. The minimum Gasteiger partial charge on any atom is -0.200 e. The molecular formula is C4F8N2. The van der Waals surface area contributed by atoms with Gasteiger partial charge in [0.05, 0.1) is 0 Å². The molecule has 0 aromatic carbocycles. The lowest BCUT2D eigenvalue weighted by atomic mass is 10.3. The molecule has 0 heterocycles. The van der Waals surface area contributed by atoms with Gasteiger partial charge in [-0.3, -0.25) is 0 Å². The largest absolute Gasteiger partial charge is 0.460 e. The highest BCUT2D eigenvalue weighted by Crippen LogP contribution is 2.43. The summed E-state index contributed by atoms with van der Waals surface area (Å²) in [7, 11) is 0. The van der Waals surface area contributed by atoms with Crippen LogP contribution in [0.1, 0.15) is 0 Å². The first-order chi connectivity index (χ1) is 6.14. The van der Waals surface area contributed by atoms with Crippen molar-refractivity contribution in [2.45, 2.75) is 12.1 Å². The van der Waals surface area contributed by atoms with Gasteiger partial charge in [0.2, 0.25) is 5.83 Å². The van der Waals surface area contributed by atoms with E-state index in [0.717, 1.165) is 5.34 Å². The van der Waals surface area contributed by atoms with E-state index in [4.69, 9.17) is 0 Å². The Morgan fingerprint density at radius 3 is 1.64 bits per heavy atom. The molecule has 0 N–H and O–H groups in total. The van der Waals surface area contributed by atoms with Crippen LogP contribution in [0.2, 0.25) is 0 Å². The van der Waals surface area contributed by atoms with Gasteiger partial charge in [-0.1, -0.05) is 9.60 Å². The second-order valence-electron chi connectivity index (χ2n) is 1.85. The molecule has 2 nitrogen and oxygen atoms in total. The third-order valence-electron chi connectivity index (χ3n) is 0.938. The zero-order valence-corrected chi connectivity index (χ0v) is 5.92. The Hall–Kier alpha value is -1.22. The standard InChI is InChI=1S/C4F8N2/c5-1(2(6)13-14-12)3(7,8)4(9,10)11. The number of rotatable bonds is 2. The molecule has 0 aliphatic heterocycles. The third-order valence-corrected chi connectivity index (χ3v) is 0.938. The third kappa shape index (κ3) is 2.39. The van der Waals surface area contributed by atoms with Crippen LogP contribution < -0.4 is 0 Å². The second kappa shape index (κ2) is 3.88. The summed E-state index contributed by atoms with van der Waals surface area (Å²) in [6.45, 7) is 0. The van der Waals surface area contributed by atoms with E-state index in [0.29, 0.717) is 0 Å². The normalized spacial score (nSPS) is 16.0. The summed E-state index contributed by atoms with van der Waals surface area (Å²) in [5.74, 6) is -12.6. The van der Waals surface area contributed by atoms with Crippen molar-refractivity contribution in [3.05, 3.63) is 11.8 Å². The van der Waals surface area contributed by atoms with Crippen molar-refractivity contribution < 1.29 is 35.2 Å². The summed E-state index contributed by atoms with van der Waals surface area (Å²) in [5, 5.41) is 2.42. The fourth-order valence-electron chi connectivity index (χ4n) is 0.331. The van der Waals surface area contributed by atoms with Crippen molar-refractivity contribution in [3.8, 4) is 0 Å². The number of alkyl halides is 5. The molecule has 0 bridgehead atoms. The highest BCUT2D eigenvalue weighted by molar-refractivity contribution is 5.10. The summed E-state index contributed by atoms with van der Waals surface area (Å²) >= 11 is 0. The molecule has 0 fully saturated rings. The first-order valence-corrected chi connectivity index (χ1v) is 2.67. The van der Waals surface area contributed by atoms with E-state index >= 15 is 0 Å². The predicted octanol–water partition coefficient (Wildman–Crippen LogP) is 3.63. The molecule has 0 radical (unpaired) electrons. The van der Waals surface area contributed by atoms with Crippen LogP contribution in [0.15, 0.2) is 22.2 Å². The summed E-state index contributed by atoms with van der Waals surface area (Å²) < 4.78 is 92.3. The smallest absolute Gasteiger partial charge is 0.200 e. The average Bonchev–Trinajstić information content (AvgIpc) is 2.01. The lowest BCUT2D eigenvalue weighted by Crippen LogP contribution is -2.37. The number of nitrogens with zero attached hydrogens (tertiary/aromatic N) is 2. The predicted molar refractivity (Wildman–Crippen MR) is 26.2 cm³/mol. The molecule has 82 valence electrons. The summed E-state index contributed by atoms with van der Waals surface area (Å²) in [4.78, 5) is 0. The van der Waals surface area contributed by atoms with Crippen LogP contribution in [0.5, 0.6) is 0 Å². The Bertz CT molecular complexity index is 263. The molecule has 0 saturated heterocycles. The average molecular weight is 228 g/mol. The maximum absolute atomic E-state index is 12.0. The van der Waals surface area contributed by atoms with Gasteiger partial charge >= 0.3 is 12.1 Å². The minimum absolute atomic E-state index is 1.00. The van der Waals surface area contributed by atoms with Gasteiger partial charge in [0.15, 0.2) is 0 Å². The van der Waals surface area contributed by atoms with Crippen molar-refractivity contribution in [2.75, 3.05) is 0 Å². The maximum Gasteiger partial charge on any atom is 0.460 e. The maximum atomic E-state index is 12.0. The van der Waals surface area contributed by atoms with E-state index in [1.54, 1.807) is 0 Å². The van der Waals surface area contributed by atoms with E-state index in [1.165, 1.54) is 5.11 Å². The number of hydrogen-bond donors (Lipinski definition) is 0. The van der Waals surface area contributed by atoms with E-state index in [9.17, 15) is 35.2 Å². The van der Waals surface area contributed by atoms with Crippen LogP contribution in [0.3, 0.4) is 0 Å². The Morgan fingerprint density at radius 1 is 0.929 bits per heavy atom. The molecule has 0 spiro atoms. The highest BCUT2D eigenvalue weighted by atomic mass is 19.4. The van der Waals surface area contributed by atoms with Crippen molar-refractivity contribution in [2.24, 2.45) is 10.5 Å². The molecule has 0 rings (SSSR count). The lowest BCUT2D eigenvalue weighted by molar-refractivity contribution is -0.271. The Morgan fingerprint density at radius 2 is 1.36 bits per heavy atom. The number of halogens is 8. The molecule has 0 aliphatic rings. The van der Waals surface area contributed by atoms with Crippen LogP contribution in [0.4, 0.5) is 35.2 Å². The fourth-order valence-corrected chi connectivity index (χ4v) is 0.331.